The van der Waals surface area contributed by atoms with E-state index >= 15 is 0 Å². The van der Waals surface area contributed by atoms with Crippen molar-refractivity contribution < 1.29 is 13.9 Å². The number of ether oxygens (including phenoxy) is 1. The van der Waals surface area contributed by atoms with E-state index in [1.165, 1.54) is 4.90 Å². The van der Waals surface area contributed by atoms with Gasteiger partial charge in [0.25, 0.3) is 0 Å². The van der Waals surface area contributed by atoms with E-state index in [0.29, 0.717) is 6.42 Å². The highest BCUT2D eigenvalue weighted by atomic mass is 19.1. The number of hydrogen-bond donors (Lipinski definition) is 0. The number of nitrogens with zero attached hydrogens (tertiary/aromatic N) is 1. The molecule has 1 aliphatic rings. The van der Waals surface area contributed by atoms with E-state index < -0.39 is 18.3 Å². The molecule has 1 heterocycles. The first-order valence-electron chi connectivity index (χ1n) is 7.39. The number of carbonyl (C=O) groups is 1. The molecular formula is C18H18FNO2. The van der Waals surface area contributed by atoms with Crippen molar-refractivity contribution >= 4 is 6.09 Å². The first kappa shape index (κ1) is 14.6. The number of alkyl halides is 1. The highest BCUT2D eigenvalue weighted by molar-refractivity contribution is 5.69. The van der Waals surface area contributed by atoms with Gasteiger partial charge < -0.3 is 4.74 Å². The Kier molecular flexibility index (Phi) is 4.37. The average Bonchev–Trinajstić information content (AvgIpc) is 2.57. The largest absolute Gasteiger partial charge is 0.445 e. The lowest BCUT2D eigenvalue weighted by Crippen LogP contribution is -2.61. The molecule has 0 aliphatic carbocycles. The Morgan fingerprint density at radius 1 is 1.05 bits per heavy atom. The molecular weight excluding hydrogens is 281 g/mol. The van der Waals surface area contributed by atoms with Gasteiger partial charge in [0, 0.05) is 0 Å². The molecule has 0 bridgehead atoms. The third-order valence-electron chi connectivity index (χ3n) is 3.92. The maximum Gasteiger partial charge on any atom is 0.410 e. The first-order valence-corrected chi connectivity index (χ1v) is 7.39. The summed E-state index contributed by atoms with van der Waals surface area (Å²) in [6, 6.07) is 18.7. The van der Waals surface area contributed by atoms with Crippen LogP contribution in [0.1, 0.15) is 11.1 Å². The van der Waals surface area contributed by atoms with Crippen molar-refractivity contribution in [1.82, 2.24) is 4.90 Å². The molecule has 22 heavy (non-hydrogen) atoms. The number of rotatable bonds is 4. The van der Waals surface area contributed by atoms with Crippen LogP contribution in [0, 0.1) is 0 Å². The third-order valence-corrected chi connectivity index (χ3v) is 3.92. The minimum absolute atomic E-state index is 0.116. The smallest absolute Gasteiger partial charge is 0.410 e. The van der Waals surface area contributed by atoms with Gasteiger partial charge in [-0.25, -0.2) is 9.18 Å². The summed E-state index contributed by atoms with van der Waals surface area (Å²) in [5, 5.41) is 0. The van der Waals surface area contributed by atoms with E-state index in [9.17, 15) is 9.18 Å². The number of halogens is 1. The molecule has 1 amide bonds. The van der Waals surface area contributed by atoms with Gasteiger partial charge in [0.2, 0.25) is 0 Å². The topological polar surface area (TPSA) is 29.5 Å². The fraction of sp³-hybridized carbons (Fsp3) is 0.278. The summed E-state index contributed by atoms with van der Waals surface area (Å²) in [5.41, 5.74) is 1.95. The van der Waals surface area contributed by atoms with Crippen LogP contribution in [0.5, 0.6) is 0 Å². The normalized spacial score (nSPS) is 20.3. The second-order valence-electron chi connectivity index (χ2n) is 5.47. The first-order chi connectivity index (χ1) is 10.7. The van der Waals surface area contributed by atoms with Crippen molar-refractivity contribution in [3.05, 3.63) is 71.8 Å². The van der Waals surface area contributed by atoms with Crippen LogP contribution in [0.25, 0.3) is 0 Å². The van der Waals surface area contributed by atoms with Crippen LogP contribution in [-0.2, 0) is 17.8 Å². The quantitative estimate of drug-likeness (QED) is 0.863. The Labute approximate surface area is 129 Å². The zero-order valence-corrected chi connectivity index (χ0v) is 12.2. The number of carbonyl (C=O) groups excluding carboxylic acids is 1. The summed E-state index contributed by atoms with van der Waals surface area (Å²) in [4.78, 5) is 13.6. The molecule has 114 valence electrons. The summed E-state index contributed by atoms with van der Waals surface area (Å²) in [6.45, 7) is 0.330. The van der Waals surface area contributed by atoms with Gasteiger partial charge in [-0.1, -0.05) is 60.7 Å². The second-order valence-corrected chi connectivity index (χ2v) is 5.47. The number of hydrogen-bond acceptors (Lipinski definition) is 2. The van der Waals surface area contributed by atoms with Gasteiger partial charge in [-0.3, -0.25) is 4.90 Å². The molecule has 1 fully saturated rings. The lowest BCUT2D eigenvalue weighted by molar-refractivity contribution is -0.0132. The minimum atomic E-state index is -0.982. The van der Waals surface area contributed by atoms with Crippen LogP contribution in [0.2, 0.25) is 0 Å². The monoisotopic (exact) mass is 299 g/mol. The van der Waals surface area contributed by atoms with E-state index in [2.05, 4.69) is 0 Å². The van der Waals surface area contributed by atoms with Crippen LogP contribution >= 0.6 is 0 Å². The highest BCUT2D eigenvalue weighted by Crippen LogP contribution is 2.26. The third kappa shape index (κ3) is 3.27. The lowest BCUT2D eigenvalue weighted by Gasteiger charge is -2.43. The molecule has 3 nitrogen and oxygen atoms in total. The average molecular weight is 299 g/mol. The van der Waals surface area contributed by atoms with Gasteiger partial charge in [-0.2, -0.15) is 0 Å². The van der Waals surface area contributed by atoms with E-state index in [1.807, 2.05) is 60.7 Å². The van der Waals surface area contributed by atoms with Gasteiger partial charge in [0.15, 0.2) is 0 Å². The Bertz CT molecular complexity index is 617. The van der Waals surface area contributed by atoms with E-state index in [-0.39, 0.29) is 13.2 Å². The minimum Gasteiger partial charge on any atom is -0.445 e. The van der Waals surface area contributed by atoms with Gasteiger partial charge in [-0.15, -0.1) is 0 Å². The van der Waals surface area contributed by atoms with Crippen LogP contribution in [0.3, 0.4) is 0 Å². The van der Waals surface area contributed by atoms with Gasteiger partial charge >= 0.3 is 6.09 Å². The van der Waals surface area contributed by atoms with Gasteiger partial charge in [0.1, 0.15) is 12.8 Å². The predicted octanol–water partition coefficient (Wildman–Crippen LogP) is 3.59. The van der Waals surface area contributed by atoms with Crippen LogP contribution in [-0.4, -0.2) is 29.8 Å². The van der Waals surface area contributed by atoms with Crippen molar-refractivity contribution in [3.63, 3.8) is 0 Å². The maximum atomic E-state index is 13.8. The summed E-state index contributed by atoms with van der Waals surface area (Å²) >= 11 is 0. The summed E-state index contributed by atoms with van der Waals surface area (Å²) in [5.74, 6) is 0. The zero-order valence-electron chi connectivity index (χ0n) is 12.2. The molecule has 1 saturated heterocycles. The molecule has 4 heteroatoms. The van der Waals surface area contributed by atoms with Crippen molar-refractivity contribution in [1.29, 1.82) is 0 Å². The maximum absolute atomic E-state index is 13.8. The molecule has 1 unspecified atom stereocenters. The fourth-order valence-electron chi connectivity index (χ4n) is 2.61. The van der Waals surface area contributed by atoms with Gasteiger partial charge in [-0.05, 0) is 17.5 Å². The molecule has 2 aromatic carbocycles. The Balaban J connectivity index is 1.56. The van der Waals surface area contributed by atoms with Crippen LogP contribution in [0.15, 0.2) is 60.7 Å². The van der Waals surface area contributed by atoms with Gasteiger partial charge in [0.05, 0.1) is 12.6 Å². The number of likely N-dealkylation sites (tertiary alicyclic amines) is 1. The SMILES string of the molecule is O=C(OCc1ccccc1)N1CC(F)[C@@H]1Cc1ccccc1. The molecule has 2 atom stereocenters. The Hall–Kier alpha value is -2.36. The van der Waals surface area contributed by atoms with Crippen molar-refractivity contribution in [2.75, 3.05) is 6.54 Å². The number of amides is 1. The summed E-state index contributed by atoms with van der Waals surface area (Å²) < 4.78 is 19.1. The zero-order chi connectivity index (χ0) is 15.4. The standard InChI is InChI=1S/C18H18FNO2/c19-16-12-20(17(16)11-14-7-3-1-4-8-14)18(21)22-13-15-9-5-2-6-10-15/h1-10,16-17H,11-13H2/t16?,17-/m0/s1. The molecule has 0 radical (unpaired) electrons. The summed E-state index contributed by atoms with van der Waals surface area (Å²) in [7, 11) is 0. The molecule has 0 N–H and O–H groups in total. The van der Waals surface area contributed by atoms with E-state index in [1.54, 1.807) is 0 Å². The molecule has 0 saturated carbocycles. The van der Waals surface area contributed by atoms with Crippen LogP contribution < -0.4 is 0 Å². The highest BCUT2D eigenvalue weighted by Gasteiger charge is 2.43. The molecule has 3 rings (SSSR count). The van der Waals surface area contributed by atoms with E-state index in [4.69, 9.17) is 4.74 Å². The molecule has 1 aliphatic heterocycles. The predicted molar refractivity (Wildman–Crippen MR) is 82.2 cm³/mol. The Morgan fingerprint density at radius 2 is 1.64 bits per heavy atom. The Morgan fingerprint density at radius 3 is 2.23 bits per heavy atom. The van der Waals surface area contributed by atoms with Crippen LogP contribution in [0.4, 0.5) is 9.18 Å². The fourth-order valence-corrected chi connectivity index (χ4v) is 2.61. The van der Waals surface area contributed by atoms with E-state index in [0.717, 1.165) is 11.1 Å². The van der Waals surface area contributed by atoms with Crippen molar-refractivity contribution in [2.45, 2.75) is 25.2 Å². The number of benzene rings is 2. The molecule has 2 aromatic rings. The summed E-state index contributed by atoms with van der Waals surface area (Å²) in [6.07, 6.45) is -0.911. The van der Waals surface area contributed by atoms with Crippen molar-refractivity contribution in [3.8, 4) is 0 Å². The van der Waals surface area contributed by atoms with Crippen molar-refractivity contribution in [2.24, 2.45) is 0 Å². The molecule has 0 aromatic heterocycles. The molecule has 0 spiro atoms. The lowest BCUT2D eigenvalue weighted by atomic mass is 9.94. The second kappa shape index (κ2) is 6.60.